The summed E-state index contributed by atoms with van der Waals surface area (Å²) in [5.74, 6) is 2.05. The first-order valence-electron chi connectivity index (χ1n) is 6.33. The van der Waals surface area contributed by atoms with Crippen molar-refractivity contribution in [3.05, 3.63) is 5.38 Å². The highest BCUT2D eigenvalue weighted by Crippen LogP contribution is 2.35. The Labute approximate surface area is 106 Å². The van der Waals surface area contributed by atoms with Gasteiger partial charge in [0.25, 0.3) is 0 Å². The third-order valence-corrected chi connectivity index (χ3v) is 4.34. The second-order valence-corrected chi connectivity index (χ2v) is 5.70. The molecule has 0 aromatic carbocycles. The van der Waals surface area contributed by atoms with Crippen LogP contribution in [0.1, 0.15) is 20.3 Å². The average molecular weight is 253 g/mol. The molecule has 0 N–H and O–H groups in total. The zero-order valence-corrected chi connectivity index (χ0v) is 11.2. The van der Waals surface area contributed by atoms with Gasteiger partial charge in [-0.1, -0.05) is 0 Å². The smallest absolute Gasteiger partial charge is 0.185 e. The van der Waals surface area contributed by atoms with Crippen LogP contribution in [0.15, 0.2) is 5.38 Å². The Balaban J connectivity index is 1.83. The molecule has 17 heavy (non-hydrogen) atoms. The van der Waals surface area contributed by atoms with Gasteiger partial charge in [-0.2, -0.15) is 4.37 Å². The van der Waals surface area contributed by atoms with Gasteiger partial charge in [-0.05, 0) is 25.4 Å². The molecule has 0 bridgehead atoms. The van der Waals surface area contributed by atoms with Crippen LogP contribution < -0.4 is 9.64 Å². The number of aromatic nitrogens is 1. The highest BCUT2D eigenvalue weighted by atomic mass is 32.1. The number of nitrogens with zero attached hydrogens (tertiary/aromatic N) is 3. The summed E-state index contributed by atoms with van der Waals surface area (Å²) in [6, 6.07) is 1.20. The van der Waals surface area contributed by atoms with Crippen LogP contribution in [0.3, 0.4) is 0 Å². The zero-order chi connectivity index (χ0) is 11.8. The van der Waals surface area contributed by atoms with E-state index in [1.807, 2.05) is 5.38 Å². The van der Waals surface area contributed by atoms with Crippen molar-refractivity contribution < 1.29 is 4.74 Å². The van der Waals surface area contributed by atoms with E-state index in [2.05, 4.69) is 28.0 Å². The van der Waals surface area contributed by atoms with Gasteiger partial charge in [-0.15, -0.1) is 0 Å². The summed E-state index contributed by atoms with van der Waals surface area (Å²) < 4.78 is 10.3. The SMILES string of the molecule is CC(C)N1CCN2c3nscc3OCCC2C1. The number of ether oxygens (including phenoxy) is 1. The van der Waals surface area contributed by atoms with Crippen molar-refractivity contribution in [2.24, 2.45) is 0 Å². The minimum atomic E-state index is 0.564. The Hall–Kier alpha value is -0.810. The summed E-state index contributed by atoms with van der Waals surface area (Å²) in [6.07, 6.45) is 1.10. The first-order valence-corrected chi connectivity index (χ1v) is 7.17. The molecule has 1 aromatic rings. The lowest BCUT2D eigenvalue weighted by Gasteiger charge is -2.42. The molecule has 0 aliphatic carbocycles. The molecule has 0 radical (unpaired) electrons. The number of hydrogen-bond donors (Lipinski definition) is 0. The van der Waals surface area contributed by atoms with E-state index >= 15 is 0 Å². The molecule has 94 valence electrons. The predicted molar refractivity (Wildman–Crippen MR) is 70.1 cm³/mol. The molecule has 1 fully saturated rings. The summed E-state index contributed by atoms with van der Waals surface area (Å²) in [7, 11) is 0. The van der Waals surface area contributed by atoms with Crippen LogP contribution in [-0.2, 0) is 0 Å². The lowest BCUT2D eigenvalue weighted by Crippen LogP contribution is -2.55. The molecule has 1 unspecified atom stereocenters. The summed E-state index contributed by atoms with van der Waals surface area (Å²) >= 11 is 1.50. The fourth-order valence-corrected chi connectivity index (χ4v) is 3.31. The third kappa shape index (κ3) is 2.02. The molecule has 4 nitrogen and oxygen atoms in total. The Kier molecular flexibility index (Phi) is 2.96. The maximum atomic E-state index is 5.76. The van der Waals surface area contributed by atoms with E-state index in [-0.39, 0.29) is 0 Å². The summed E-state index contributed by atoms with van der Waals surface area (Å²) in [4.78, 5) is 5.00. The van der Waals surface area contributed by atoms with Gasteiger partial charge in [-0.3, -0.25) is 4.90 Å². The average Bonchev–Trinajstić information content (AvgIpc) is 2.71. The largest absolute Gasteiger partial charge is 0.489 e. The van der Waals surface area contributed by atoms with Crippen LogP contribution in [0.2, 0.25) is 0 Å². The summed E-state index contributed by atoms with van der Waals surface area (Å²) in [6.45, 7) is 8.71. The molecular formula is C12H19N3OS. The third-order valence-electron chi connectivity index (χ3n) is 3.74. The van der Waals surface area contributed by atoms with E-state index in [0.717, 1.165) is 44.2 Å². The van der Waals surface area contributed by atoms with Gasteiger partial charge in [0.05, 0.1) is 12.0 Å². The minimum Gasteiger partial charge on any atom is -0.489 e. The summed E-state index contributed by atoms with van der Waals surface area (Å²) in [5.41, 5.74) is 0. The molecule has 2 aliphatic rings. The maximum absolute atomic E-state index is 5.76. The first kappa shape index (κ1) is 11.3. The van der Waals surface area contributed by atoms with Crippen LogP contribution in [0.25, 0.3) is 0 Å². The van der Waals surface area contributed by atoms with Gasteiger partial charge in [-0.25, -0.2) is 0 Å². The molecule has 1 aromatic heterocycles. The molecule has 0 spiro atoms. The quantitative estimate of drug-likeness (QED) is 0.763. The zero-order valence-electron chi connectivity index (χ0n) is 10.4. The Bertz CT molecular complexity index is 393. The minimum absolute atomic E-state index is 0.564. The number of anilines is 1. The van der Waals surface area contributed by atoms with Crippen molar-refractivity contribution in [3.8, 4) is 5.75 Å². The van der Waals surface area contributed by atoms with Crippen LogP contribution in [0.5, 0.6) is 5.75 Å². The van der Waals surface area contributed by atoms with Crippen molar-refractivity contribution in [1.29, 1.82) is 0 Å². The molecule has 3 heterocycles. The monoisotopic (exact) mass is 253 g/mol. The molecular weight excluding hydrogens is 234 g/mol. The lowest BCUT2D eigenvalue weighted by atomic mass is 10.1. The van der Waals surface area contributed by atoms with Gasteiger partial charge in [0.1, 0.15) is 0 Å². The fourth-order valence-electron chi connectivity index (χ4n) is 2.69. The number of rotatable bonds is 1. The molecule has 1 atom stereocenters. The van der Waals surface area contributed by atoms with Gasteiger partial charge in [0, 0.05) is 38.1 Å². The lowest BCUT2D eigenvalue weighted by molar-refractivity contribution is 0.172. The van der Waals surface area contributed by atoms with E-state index in [1.165, 1.54) is 11.5 Å². The Morgan fingerprint density at radius 1 is 1.47 bits per heavy atom. The fraction of sp³-hybridized carbons (Fsp3) is 0.750. The second kappa shape index (κ2) is 4.46. The predicted octanol–water partition coefficient (Wildman–Crippen LogP) is 1.82. The normalized spacial score (nSPS) is 25.1. The number of piperazine rings is 1. The molecule has 0 saturated carbocycles. The topological polar surface area (TPSA) is 28.6 Å². The standard InChI is InChI=1S/C12H19N3OS/c1-9(2)14-4-5-15-10(7-14)3-6-16-11-8-17-13-12(11)15/h8-10H,3-7H2,1-2H3. The van der Waals surface area contributed by atoms with Crippen molar-refractivity contribution >= 4 is 17.4 Å². The van der Waals surface area contributed by atoms with Crippen LogP contribution in [0, 0.1) is 0 Å². The van der Waals surface area contributed by atoms with Crippen LogP contribution in [-0.4, -0.2) is 47.6 Å². The second-order valence-electron chi connectivity index (χ2n) is 5.08. The molecule has 5 heteroatoms. The Morgan fingerprint density at radius 3 is 3.18 bits per heavy atom. The van der Waals surface area contributed by atoms with E-state index in [9.17, 15) is 0 Å². The van der Waals surface area contributed by atoms with Crippen molar-refractivity contribution in [2.45, 2.75) is 32.4 Å². The first-order chi connectivity index (χ1) is 8.25. The molecule has 3 rings (SSSR count). The van der Waals surface area contributed by atoms with Crippen LogP contribution >= 0.6 is 11.5 Å². The van der Waals surface area contributed by atoms with E-state index in [0.29, 0.717) is 12.1 Å². The summed E-state index contributed by atoms with van der Waals surface area (Å²) in [5, 5.41) is 2.02. The highest BCUT2D eigenvalue weighted by molar-refractivity contribution is 7.04. The molecule has 0 amide bonds. The van der Waals surface area contributed by atoms with E-state index < -0.39 is 0 Å². The van der Waals surface area contributed by atoms with Gasteiger partial charge in [0.2, 0.25) is 0 Å². The van der Waals surface area contributed by atoms with E-state index in [4.69, 9.17) is 4.74 Å². The van der Waals surface area contributed by atoms with Crippen molar-refractivity contribution in [2.75, 3.05) is 31.1 Å². The molecule has 1 saturated heterocycles. The van der Waals surface area contributed by atoms with Crippen molar-refractivity contribution in [3.63, 3.8) is 0 Å². The van der Waals surface area contributed by atoms with Gasteiger partial charge in [0.15, 0.2) is 11.6 Å². The highest BCUT2D eigenvalue weighted by Gasteiger charge is 2.32. The van der Waals surface area contributed by atoms with Crippen LogP contribution in [0.4, 0.5) is 5.82 Å². The van der Waals surface area contributed by atoms with Crippen molar-refractivity contribution in [1.82, 2.24) is 9.27 Å². The molecule has 2 aliphatic heterocycles. The number of fused-ring (bicyclic) bond motifs is 3. The maximum Gasteiger partial charge on any atom is 0.185 e. The Morgan fingerprint density at radius 2 is 2.35 bits per heavy atom. The number of hydrogen-bond acceptors (Lipinski definition) is 5. The van der Waals surface area contributed by atoms with Gasteiger partial charge >= 0.3 is 0 Å². The van der Waals surface area contributed by atoms with Gasteiger partial charge < -0.3 is 9.64 Å². The van der Waals surface area contributed by atoms with E-state index in [1.54, 1.807) is 0 Å².